The van der Waals surface area contributed by atoms with Crippen molar-refractivity contribution < 1.29 is 0 Å². The molecule has 3 aromatic rings. The quantitative estimate of drug-likeness (QED) is 0.571. The Morgan fingerprint density at radius 1 is 1.14 bits per heavy atom. The average Bonchev–Trinajstić information content (AvgIpc) is 2.51. The molecule has 1 heterocycles. The molecule has 0 aliphatic carbocycles. The molecule has 0 amide bonds. The SMILES string of the molecule is CNC(c1cnc2ccccc2c1)c1cc(I)ccc1Br. The summed E-state index contributed by atoms with van der Waals surface area (Å²) in [6.07, 6.45) is 1.95. The molecule has 4 heteroatoms. The van der Waals surface area contributed by atoms with Crippen LogP contribution in [-0.2, 0) is 0 Å². The van der Waals surface area contributed by atoms with Gasteiger partial charge in [0.15, 0.2) is 0 Å². The fourth-order valence-electron chi connectivity index (χ4n) is 2.48. The number of nitrogens with zero attached hydrogens (tertiary/aromatic N) is 1. The van der Waals surface area contributed by atoms with Gasteiger partial charge in [0, 0.05) is 19.6 Å². The van der Waals surface area contributed by atoms with E-state index in [9.17, 15) is 0 Å². The van der Waals surface area contributed by atoms with Gasteiger partial charge in [-0.3, -0.25) is 4.98 Å². The highest BCUT2D eigenvalue weighted by molar-refractivity contribution is 14.1. The van der Waals surface area contributed by atoms with E-state index < -0.39 is 0 Å². The summed E-state index contributed by atoms with van der Waals surface area (Å²) in [6.45, 7) is 0. The van der Waals surface area contributed by atoms with Crippen LogP contribution in [0.15, 0.2) is 59.2 Å². The number of hydrogen-bond acceptors (Lipinski definition) is 2. The number of halogens is 2. The van der Waals surface area contributed by atoms with Crippen molar-refractivity contribution in [2.75, 3.05) is 7.05 Å². The number of aromatic nitrogens is 1. The summed E-state index contributed by atoms with van der Waals surface area (Å²) in [5.74, 6) is 0. The molecule has 21 heavy (non-hydrogen) atoms. The lowest BCUT2D eigenvalue weighted by molar-refractivity contribution is 0.687. The van der Waals surface area contributed by atoms with Crippen LogP contribution in [0.3, 0.4) is 0 Å². The van der Waals surface area contributed by atoms with Gasteiger partial charge in [-0.1, -0.05) is 34.1 Å². The first kappa shape index (κ1) is 14.9. The lowest BCUT2D eigenvalue weighted by Gasteiger charge is -2.19. The van der Waals surface area contributed by atoms with E-state index in [-0.39, 0.29) is 6.04 Å². The monoisotopic (exact) mass is 452 g/mol. The number of nitrogens with one attached hydrogen (secondary N) is 1. The third kappa shape index (κ3) is 3.12. The van der Waals surface area contributed by atoms with Crippen LogP contribution in [0.2, 0.25) is 0 Å². The maximum Gasteiger partial charge on any atom is 0.0702 e. The molecule has 0 fully saturated rings. The second-order valence-electron chi connectivity index (χ2n) is 4.85. The molecule has 106 valence electrons. The predicted molar refractivity (Wildman–Crippen MR) is 99.5 cm³/mol. The average molecular weight is 453 g/mol. The highest BCUT2D eigenvalue weighted by Crippen LogP contribution is 2.30. The predicted octanol–water partition coefficient (Wildman–Crippen LogP) is 4.91. The van der Waals surface area contributed by atoms with Crippen LogP contribution in [0, 0.1) is 3.57 Å². The lowest BCUT2D eigenvalue weighted by Crippen LogP contribution is -2.18. The van der Waals surface area contributed by atoms with Gasteiger partial charge in [-0.05, 0) is 71.1 Å². The minimum Gasteiger partial charge on any atom is -0.309 e. The van der Waals surface area contributed by atoms with E-state index >= 15 is 0 Å². The Kier molecular flexibility index (Phi) is 4.57. The minimum atomic E-state index is 0.117. The van der Waals surface area contributed by atoms with Crippen molar-refractivity contribution in [2.24, 2.45) is 0 Å². The van der Waals surface area contributed by atoms with E-state index in [1.165, 1.54) is 14.7 Å². The smallest absolute Gasteiger partial charge is 0.0702 e. The molecule has 1 aromatic heterocycles. The van der Waals surface area contributed by atoms with E-state index in [0.717, 1.165) is 15.4 Å². The van der Waals surface area contributed by atoms with Crippen molar-refractivity contribution in [3.8, 4) is 0 Å². The van der Waals surface area contributed by atoms with E-state index in [2.05, 4.69) is 79.2 Å². The number of pyridine rings is 1. The Labute approximate surface area is 146 Å². The molecule has 0 bridgehead atoms. The summed E-state index contributed by atoms with van der Waals surface area (Å²) in [6, 6.07) is 16.9. The molecule has 0 radical (unpaired) electrons. The Morgan fingerprint density at radius 2 is 1.95 bits per heavy atom. The van der Waals surface area contributed by atoms with Crippen molar-refractivity contribution in [3.63, 3.8) is 0 Å². The number of benzene rings is 2. The molecule has 1 atom stereocenters. The maximum atomic E-state index is 4.57. The van der Waals surface area contributed by atoms with Crippen LogP contribution in [-0.4, -0.2) is 12.0 Å². The van der Waals surface area contributed by atoms with E-state index in [1.807, 2.05) is 31.4 Å². The summed E-state index contributed by atoms with van der Waals surface area (Å²) in [5, 5.41) is 4.56. The third-order valence-corrected chi connectivity index (χ3v) is 4.90. The van der Waals surface area contributed by atoms with Gasteiger partial charge in [0.1, 0.15) is 0 Å². The molecule has 0 aliphatic rings. The molecule has 0 aliphatic heterocycles. The molecule has 2 nitrogen and oxygen atoms in total. The van der Waals surface area contributed by atoms with Crippen LogP contribution in [0.4, 0.5) is 0 Å². The van der Waals surface area contributed by atoms with Crippen LogP contribution in [0.5, 0.6) is 0 Å². The molecule has 0 spiro atoms. The van der Waals surface area contributed by atoms with Gasteiger partial charge in [-0.15, -0.1) is 0 Å². The molecule has 2 aromatic carbocycles. The highest BCUT2D eigenvalue weighted by Gasteiger charge is 2.16. The summed E-state index contributed by atoms with van der Waals surface area (Å²) in [4.78, 5) is 4.57. The standard InChI is InChI=1S/C17H14BrIN2/c1-20-17(14-9-13(19)6-7-15(14)18)12-8-11-4-2-3-5-16(11)21-10-12/h2-10,17,20H,1H3. The first-order valence-corrected chi connectivity index (χ1v) is 8.53. The molecule has 0 saturated carbocycles. The molecule has 1 unspecified atom stereocenters. The molecular formula is C17H14BrIN2. The van der Waals surface area contributed by atoms with Crippen LogP contribution >= 0.6 is 38.5 Å². The van der Waals surface area contributed by atoms with Crippen LogP contribution in [0.25, 0.3) is 10.9 Å². The van der Waals surface area contributed by atoms with Crippen molar-refractivity contribution in [3.05, 3.63) is 73.9 Å². The van der Waals surface area contributed by atoms with E-state index in [4.69, 9.17) is 0 Å². The van der Waals surface area contributed by atoms with Gasteiger partial charge in [0.05, 0.1) is 11.6 Å². The fraction of sp³-hybridized carbons (Fsp3) is 0.118. The van der Waals surface area contributed by atoms with Gasteiger partial charge >= 0.3 is 0 Å². The lowest BCUT2D eigenvalue weighted by atomic mass is 9.99. The maximum absolute atomic E-state index is 4.57. The van der Waals surface area contributed by atoms with Gasteiger partial charge in [0.25, 0.3) is 0 Å². The zero-order valence-corrected chi connectivity index (χ0v) is 15.2. The summed E-state index contributed by atoms with van der Waals surface area (Å²) >= 11 is 6.00. The first-order chi connectivity index (χ1) is 10.2. The van der Waals surface area contributed by atoms with Gasteiger partial charge in [0.2, 0.25) is 0 Å². The largest absolute Gasteiger partial charge is 0.309 e. The number of fused-ring (bicyclic) bond motifs is 1. The van der Waals surface area contributed by atoms with Crippen molar-refractivity contribution >= 4 is 49.4 Å². The van der Waals surface area contributed by atoms with Crippen molar-refractivity contribution in [1.82, 2.24) is 10.3 Å². The normalized spacial score (nSPS) is 12.5. The Bertz CT molecular complexity index is 789. The Morgan fingerprint density at radius 3 is 2.76 bits per heavy atom. The number of hydrogen-bond donors (Lipinski definition) is 1. The van der Waals surface area contributed by atoms with Crippen molar-refractivity contribution in [2.45, 2.75) is 6.04 Å². The second-order valence-corrected chi connectivity index (χ2v) is 6.95. The Balaban J connectivity index is 2.11. The van der Waals surface area contributed by atoms with Crippen molar-refractivity contribution in [1.29, 1.82) is 0 Å². The van der Waals surface area contributed by atoms with E-state index in [1.54, 1.807) is 0 Å². The minimum absolute atomic E-state index is 0.117. The molecule has 1 N–H and O–H groups in total. The van der Waals surface area contributed by atoms with Gasteiger partial charge < -0.3 is 5.32 Å². The molecule has 0 saturated heterocycles. The zero-order chi connectivity index (χ0) is 14.8. The summed E-state index contributed by atoms with van der Waals surface area (Å²) < 4.78 is 2.33. The highest BCUT2D eigenvalue weighted by atomic mass is 127. The number of para-hydroxylation sites is 1. The zero-order valence-electron chi connectivity index (χ0n) is 11.5. The number of rotatable bonds is 3. The summed E-state index contributed by atoms with van der Waals surface area (Å²) in [5.41, 5.74) is 3.41. The molecular weight excluding hydrogens is 439 g/mol. The van der Waals surface area contributed by atoms with Crippen LogP contribution < -0.4 is 5.32 Å². The third-order valence-electron chi connectivity index (χ3n) is 3.50. The summed E-state index contributed by atoms with van der Waals surface area (Å²) in [7, 11) is 1.98. The second kappa shape index (κ2) is 6.42. The molecule has 3 rings (SSSR count). The van der Waals surface area contributed by atoms with E-state index in [0.29, 0.717) is 0 Å². The first-order valence-electron chi connectivity index (χ1n) is 6.66. The Hall–Kier alpha value is -0.980. The van der Waals surface area contributed by atoms with Gasteiger partial charge in [-0.25, -0.2) is 0 Å². The van der Waals surface area contributed by atoms with Gasteiger partial charge in [-0.2, -0.15) is 0 Å². The van der Waals surface area contributed by atoms with Crippen LogP contribution in [0.1, 0.15) is 17.2 Å². The fourth-order valence-corrected chi connectivity index (χ4v) is 3.47. The topological polar surface area (TPSA) is 24.9 Å².